The zero-order valence-electron chi connectivity index (χ0n) is 8.86. The summed E-state index contributed by atoms with van der Waals surface area (Å²) in [5.41, 5.74) is 0. The van der Waals surface area contributed by atoms with Crippen LogP contribution in [0.2, 0.25) is 0 Å². The van der Waals surface area contributed by atoms with E-state index in [0.717, 1.165) is 26.1 Å². The predicted octanol–water partition coefficient (Wildman–Crippen LogP) is -0.194. The molecule has 0 fully saturated rings. The molecule has 0 saturated heterocycles. The lowest BCUT2D eigenvalue weighted by Crippen LogP contribution is -2.32. The highest BCUT2D eigenvalue weighted by Gasteiger charge is 2.02. The molecule has 5 nitrogen and oxygen atoms in total. The molecule has 0 rings (SSSR count). The van der Waals surface area contributed by atoms with E-state index in [1.165, 1.54) is 0 Å². The lowest BCUT2D eigenvalue weighted by atomic mass is 10.4. The lowest BCUT2D eigenvalue weighted by Gasteiger charge is -2.15. The van der Waals surface area contributed by atoms with Gasteiger partial charge in [0.25, 0.3) is 10.1 Å². The Morgan fingerprint density at radius 3 is 2.43 bits per heavy atom. The highest BCUT2D eigenvalue weighted by atomic mass is 32.2. The summed E-state index contributed by atoms with van der Waals surface area (Å²) < 4.78 is 29.1. The van der Waals surface area contributed by atoms with E-state index in [1.807, 2.05) is 7.05 Å². The maximum absolute atomic E-state index is 10.3. The molecule has 0 aliphatic carbocycles. The normalized spacial score (nSPS) is 12.3. The van der Waals surface area contributed by atoms with Gasteiger partial charge in [0, 0.05) is 19.6 Å². The molecule has 0 bridgehead atoms. The van der Waals surface area contributed by atoms with Crippen molar-refractivity contribution in [2.24, 2.45) is 0 Å². The van der Waals surface area contributed by atoms with E-state index in [9.17, 15) is 8.42 Å². The summed E-state index contributed by atoms with van der Waals surface area (Å²) in [6.45, 7) is 5.09. The predicted molar refractivity (Wildman–Crippen MR) is 57.1 cm³/mol. The van der Waals surface area contributed by atoms with Crippen molar-refractivity contribution in [3.05, 3.63) is 0 Å². The standard InChI is InChI=1S/C8H20N2O3S/c1-3-6-10(2)7-4-9-5-8-14(11,12)13/h9H,3-8H2,1-2H3,(H,11,12,13). The van der Waals surface area contributed by atoms with Crippen LogP contribution in [-0.2, 0) is 10.1 Å². The largest absolute Gasteiger partial charge is 0.314 e. The van der Waals surface area contributed by atoms with Crippen molar-refractivity contribution in [1.29, 1.82) is 0 Å². The van der Waals surface area contributed by atoms with Crippen molar-refractivity contribution < 1.29 is 13.0 Å². The van der Waals surface area contributed by atoms with Crippen LogP contribution in [0.5, 0.6) is 0 Å². The van der Waals surface area contributed by atoms with Crippen molar-refractivity contribution in [2.75, 3.05) is 39.0 Å². The highest BCUT2D eigenvalue weighted by Crippen LogP contribution is 1.84. The van der Waals surface area contributed by atoms with E-state index in [0.29, 0.717) is 6.54 Å². The van der Waals surface area contributed by atoms with Crippen LogP contribution >= 0.6 is 0 Å². The second-order valence-electron chi connectivity index (χ2n) is 3.34. The molecule has 14 heavy (non-hydrogen) atoms. The Labute approximate surface area is 86.2 Å². The zero-order valence-corrected chi connectivity index (χ0v) is 9.68. The topological polar surface area (TPSA) is 69.6 Å². The van der Waals surface area contributed by atoms with Crippen molar-refractivity contribution in [3.8, 4) is 0 Å². The molecule has 86 valence electrons. The monoisotopic (exact) mass is 224 g/mol. The summed E-state index contributed by atoms with van der Waals surface area (Å²) in [5, 5.41) is 2.95. The van der Waals surface area contributed by atoms with Gasteiger partial charge in [-0.05, 0) is 20.0 Å². The third-order valence-corrected chi connectivity index (χ3v) is 2.53. The van der Waals surface area contributed by atoms with Gasteiger partial charge in [0.2, 0.25) is 0 Å². The highest BCUT2D eigenvalue weighted by molar-refractivity contribution is 7.85. The zero-order chi connectivity index (χ0) is 11.0. The number of hydrogen-bond donors (Lipinski definition) is 2. The van der Waals surface area contributed by atoms with Gasteiger partial charge in [-0.15, -0.1) is 0 Å². The number of likely N-dealkylation sites (N-methyl/N-ethyl adjacent to an activating group) is 1. The van der Waals surface area contributed by atoms with E-state index in [1.54, 1.807) is 0 Å². The van der Waals surface area contributed by atoms with Gasteiger partial charge in [-0.1, -0.05) is 6.92 Å². The van der Waals surface area contributed by atoms with Gasteiger partial charge in [0.1, 0.15) is 0 Å². The van der Waals surface area contributed by atoms with Crippen molar-refractivity contribution in [3.63, 3.8) is 0 Å². The van der Waals surface area contributed by atoms with E-state index in [2.05, 4.69) is 17.1 Å². The molecular weight excluding hydrogens is 204 g/mol. The van der Waals surface area contributed by atoms with Crippen LogP contribution in [0, 0.1) is 0 Å². The van der Waals surface area contributed by atoms with Crippen LogP contribution in [0.25, 0.3) is 0 Å². The van der Waals surface area contributed by atoms with E-state index < -0.39 is 10.1 Å². The summed E-state index contributed by atoms with van der Waals surface area (Å²) >= 11 is 0. The minimum atomic E-state index is -3.81. The Morgan fingerprint density at radius 1 is 1.29 bits per heavy atom. The molecule has 0 spiro atoms. The summed E-state index contributed by atoms with van der Waals surface area (Å²) in [7, 11) is -1.79. The first kappa shape index (κ1) is 13.8. The smallest absolute Gasteiger partial charge is 0.266 e. The quantitative estimate of drug-likeness (QED) is 0.441. The Hall–Kier alpha value is -0.170. The molecule has 0 amide bonds. The molecular formula is C8H20N2O3S. The van der Waals surface area contributed by atoms with Crippen LogP contribution in [0.1, 0.15) is 13.3 Å². The number of rotatable bonds is 8. The SMILES string of the molecule is CCCN(C)CCNCCS(=O)(=O)O. The Balaban J connectivity index is 3.30. The van der Waals surface area contributed by atoms with Crippen LogP contribution in [-0.4, -0.2) is 56.9 Å². The van der Waals surface area contributed by atoms with E-state index in [-0.39, 0.29) is 5.75 Å². The molecule has 0 atom stereocenters. The maximum Gasteiger partial charge on any atom is 0.266 e. The van der Waals surface area contributed by atoms with Crippen LogP contribution < -0.4 is 5.32 Å². The second-order valence-corrected chi connectivity index (χ2v) is 4.91. The average molecular weight is 224 g/mol. The van der Waals surface area contributed by atoms with Gasteiger partial charge in [-0.2, -0.15) is 8.42 Å². The average Bonchev–Trinajstić information content (AvgIpc) is 2.02. The van der Waals surface area contributed by atoms with Gasteiger partial charge < -0.3 is 10.2 Å². The molecule has 6 heteroatoms. The van der Waals surface area contributed by atoms with Crippen molar-refractivity contribution in [1.82, 2.24) is 10.2 Å². The fourth-order valence-electron chi connectivity index (χ4n) is 1.09. The fraction of sp³-hybridized carbons (Fsp3) is 1.00. The van der Waals surface area contributed by atoms with E-state index in [4.69, 9.17) is 4.55 Å². The molecule has 0 unspecified atom stereocenters. The molecule has 0 saturated carbocycles. The van der Waals surface area contributed by atoms with Crippen molar-refractivity contribution in [2.45, 2.75) is 13.3 Å². The number of nitrogens with one attached hydrogen (secondary N) is 1. The summed E-state index contributed by atoms with van der Waals surface area (Å²) in [5.74, 6) is -0.218. The maximum atomic E-state index is 10.3. The molecule has 2 N–H and O–H groups in total. The van der Waals surface area contributed by atoms with Crippen molar-refractivity contribution >= 4 is 10.1 Å². The molecule has 0 aliphatic rings. The molecule has 0 radical (unpaired) electrons. The molecule has 0 heterocycles. The molecule has 0 aromatic heterocycles. The summed E-state index contributed by atoms with van der Waals surface area (Å²) in [6.07, 6.45) is 1.11. The minimum Gasteiger partial charge on any atom is -0.314 e. The third-order valence-electron chi connectivity index (χ3n) is 1.81. The van der Waals surface area contributed by atoms with E-state index >= 15 is 0 Å². The van der Waals surface area contributed by atoms with Gasteiger partial charge >= 0.3 is 0 Å². The van der Waals surface area contributed by atoms with Gasteiger partial charge in [-0.3, -0.25) is 4.55 Å². The number of hydrogen-bond acceptors (Lipinski definition) is 4. The lowest BCUT2D eigenvalue weighted by molar-refractivity contribution is 0.333. The third kappa shape index (κ3) is 9.91. The fourth-order valence-corrected chi connectivity index (χ4v) is 1.49. The van der Waals surface area contributed by atoms with Crippen LogP contribution in [0.3, 0.4) is 0 Å². The Morgan fingerprint density at radius 2 is 1.93 bits per heavy atom. The van der Waals surface area contributed by atoms with Crippen LogP contribution in [0.4, 0.5) is 0 Å². The molecule has 0 aliphatic heterocycles. The summed E-state index contributed by atoms with van der Waals surface area (Å²) in [6, 6.07) is 0. The van der Waals surface area contributed by atoms with Gasteiger partial charge in [0.15, 0.2) is 0 Å². The van der Waals surface area contributed by atoms with Gasteiger partial charge in [-0.25, -0.2) is 0 Å². The summed E-state index contributed by atoms with van der Waals surface area (Å²) in [4.78, 5) is 2.17. The second kappa shape index (κ2) is 7.17. The first-order valence-corrected chi connectivity index (χ1v) is 6.41. The van der Waals surface area contributed by atoms with Crippen LogP contribution in [0.15, 0.2) is 0 Å². The minimum absolute atomic E-state index is 0.218. The number of nitrogens with zero attached hydrogens (tertiary/aromatic N) is 1. The van der Waals surface area contributed by atoms with Gasteiger partial charge in [0.05, 0.1) is 5.75 Å². The first-order chi connectivity index (χ1) is 6.45. The molecule has 0 aromatic rings. The first-order valence-electron chi connectivity index (χ1n) is 4.80. The molecule has 0 aromatic carbocycles. The Bertz CT molecular complexity index is 229. The Kier molecular flexibility index (Phi) is 7.08.